The van der Waals surface area contributed by atoms with Crippen molar-refractivity contribution in [2.24, 2.45) is 0 Å². The van der Waals surface area contributed by atoms with E-state index in [9.17, 15) is 9.50 Å². The first-order chi connectivity index (χ1) is 19.3. The van der Waals surface area contributed by atoms with Gasteiger partial charge in [-0.05, 0) is 104 Å². The van der Waals surface area contributed by atoms with Gasteiger partial charge in [0, 0.05) is 24.3 Å². The highest BCUT2D eigenvalue weighted by Gasteiger charge is 2.25. The highest BCUT2D eigenvalue weighted by atomic mass is 19.1. The Balaban J connectivity index is 1.48. The van der Waals surface area contributed by atoms with Crippen molar-refractivity contribution in [3.63, 3.8) is 0 Å². The molecule has 0 radical (unpaired) electrons. The molecule has 0 saturated heterocycles. The van der Waals surface area contributed by atoms with Crippen molar-refractivity contribution in [1.82, 2.24) is 4.90 Å². The van der Waals surface area contributed by atoms with Crippen LogP contribution in [0.2, 0.25) is 0 Å². The van der Waals surface area contributed by atoms with Gasteiger partial charge in [-0.3, -0.25) is 0 Å². The maximum absolute atomic E-state index is 14.8. The number of aromatic hydroxyl groups is 1. The SMILES string of the molecule is CCN(CC)CCOc1ccc(CC(C)Nc2cc(OC)c(OC)cc2C2CCc3cc(O)ccc3C2)cc1F. The minimum Gasteiger partial charge on any atom is -0.508 e. The van der Waals surface area contributed by atoms with E-state index < -0.39 is 0 Å². The standard InChI is InChI=1S/C33H43FN2O4/c1-6-36(7-2)14-15-40-31-13-8-23(17-29(31)34)16-22(3)35-30-21-33(39-5)32(38-4)20-28(30)26-10-9-25-19-27(37)12-11-24(25)18-26/h8,11-13,17,19-22,26,35,37H,6-7,9-10,14-16,18H2,1-5H3. The zero-order chi connectivity index (χ0) is 28.6. The monoisotopic (exact) mass is 550 g/mol. The summed E-state index contributed by atoms with van der Waals surface area (Å²) >= 11 is 0. The first-order valence-corrected chi connectivity index (χ1v) is 14.3. The van der Waals surface area contributed by atoms with Crippen LogP contribution in [-0.2, 0) is 19.3 Å². The second-order valence-electron chi connectivity index (χ2n) is 10.6. The Morgan fingerprint density at radius 1 is 0.975 bits per heavy atom. The maximum atomic E-state index is 14.8. The van der Waals surface area contributed by atoms with E-state index in [1.54, 1.807) is 32.4 Å². The van der Waals surface area contributed by atoms with Crippen LogP contribution in [0.25, 0.3) is 0 Å². The summed E-state index contributed by atoms with van der Waals surface area (Å²) < 4.78 is 31.8. The number of rotatable bonds is 13. The van der Waals surface area contributed by atoms with Crippen molar-refractivity contribution in [3.8, 4) is 23.0 Å². The molecule has 1 aliphatic carbocycles. The lowest BCUT2D eigenvalue weighted by Gasteiger charge is -2.29. The Kier molecular flexibility index (Phi) is 10.2. The predicted octanol–water partition coefficient (Wildman–Crippen LogP) is 6.58. The summed E-state index contributed by atoms with van der Waals surface area (Å²) in [6.45, 7) is 9.47. The van der Waals surface area contributed by atoms with Gasteiger partial charge < -0.3 is 29.5 Å². The van der Waals surface area contributed by atoms with Crippen molar-refractivity contribution in [3.05, 3.63) is 76.6 Å². The smallest absolute Gasteiger partial charge is 0.165 e. The Morgan fingerprint density at radius 3 is 2.42 bits per heavy atom. The third-order valence-electron chi connectivity index (χ3n) is 7.91. The van der Waals surface area contributed by atoms with Crippen LogP contribution in [-0.4, -0.2) is 56.5 Å². The number of halogens is 1. The van der Waals surface area contributed by atoms with E-state index in [0.717, 1.165) is 50.1 Å². The minimum atomic E-state index is -0.331. The van der Waals surface area contributed by atoms with Gasteiger partial charge in [-0.25, -0.2) is 4.39 Å². The number of likely N-dealkylation sites (N-methyl/N-ethyl adjacent to an activating group) is 1. The number of phenols is 1. The predicted molar refractivity (Wildman–Crippen MR) is 159 cm³/mol. The number of benzene rings is 3. The number of nitrogens with one attached hydrogen (secondary N) is 1. The number of methoxy groups -OCH3 is 2. The van der Waals surface area contributed by atoms with E-state index in [-0.39, 0.29) is 17.8 Å². The van der Waals surface area contributed by atoms with Crippen LogP contribution in [0.5, 0.6) is 23.0 Å². The molecule has 0 amide bonds. The van der Waals surface area contributed by atoms with Crippen LogP contribution in [0.15, 0.2) is 48.5 Å². The largest absolute Gasteiger partial charge is 0.508 e. The van der Waals surface area contributed by atoms with E-state index in [1.165, 1.54) is 16.7 Å². The number of ether oxygens (including phenoxy) is 3. The lowest BCUT2D eigenvalue weighted by molar-refractivity contribution is 0.217. The molecule has 0 aliphatic heterocycles. The molecule has 0 bridgehead atoms. The lowest BCUT2D eigenvalue weighted by Crippen LogP contribution is -2.28. The molecule has 7 heteroatoms. The minimum absolute atomic E-state index is 0.0403. The first kappa shape index (κ1) is 29.5. The number of anilines is 1. The molecule has 0 aromatic heterocycles. The molecule has 0 saturated carbocycles. The number of phenolic OH excluding ortho intramolecular Hbond substituents is 1. The van der Waals surface area contributed by atoms with E-state index in [1.807, 2.05) is 24.3 Å². The average Bonchev–Trinajstić information content (AvgIpc) is 2.95. The number of fused-ring (bicyclic) bond motifs is 1. The molecule has 3 aromatic carbocycles. The lowest BCUT2D eigenvalue weighted by atomic mass is 9.79. The normalized spacial score (nSPS) is 15.4. The molecule has 3 aromatic rings. The van der Waals surface area contributed by atoms with Crippen LogP contribution in [0.1, 0.15) is 55.4 Å². The topological polar surface area (TPSA) is 63.2 Å². The van der Waals surface area contributed by atoms with Crippen LogP contribution in [0.4, 0.5) is 10.1 Å². The van der Waals surface area contributed by atoms with Gasteiger partial charge >= 0.3 is 0 Å². The average molecular weight is 551 g/mol. The second-order valence-corrected chi connectivity index (χ2v) is 10.6. The highest BCUT2D eigenvalue weighted by molar-refractivity contribution is 5.63. The molecule has 6 nitrogen and oxygen atoms in total. The Labute approximate surface area is 238 Å². The van der Waals surface area contributed by atoms with Crippen LogP contribution < -0.4 is 19.5 Å². The second kappa shape index (κ2) is 13.8. The Hall–Kier alpha value is -3.45. The number of hydrogen-bond acceptors (Lipinski definition) is 6. The Bertz CT molecular complexity index is 1280. The van der Waals surface area contributed by atoms with E-state index >= 15 is 0 Å². The third kappa shape index (κ3) is 7.19. The summed E-state index contributed by atoms with van der Waals surface area (Å²) in [5.41, 5.74) is 5.54. The fraction of sp³-hybridized carbons (Fsp3) is 0.455. The molecule has 2 atom stereocenters. The summed E-state index contributed by atoms with van der Waals surface area (Å²) in [7, 11) is 3.30. The summed E-state index contributed by atoms with van der Waals surface area (Å²) in [6, 6.07) is 15.0. The van der Waals surface area contributed by atoms with Crippen molar-refractivity contribution in [2.75, 3.05) is 45.8 Å². The summed E-state index contributed by atoms with van der Waals surface area (Å²) in [4.78, 5) is 2.25. The van der Waals surface area contributed by atoms with Gasteiger partial charge in [-0.15, -0.1) is 0 Å². The molecular formula is C33H43FN2O4. The third-order valence-corrected chi connectivity index (χ3v) is 7.91. The number of nitrogens with zero attached hydrogens (tertiary/aromatic N) is 1. The molecule has 0 spiro atoms. The molecule has 4 rings (SSSR count). The van der Waals surface area contributed by atoms with Crippen LogP contribution in [0.3, 0.4) is 0 Å². The van der Waals surface area contributed by atoms with Crippen molar-refractivity contribution in [1.29, 1.82) is 0 Å². The van der Waals surface area contributed by atoms with Gasteiger partial charge in [-0.1, -0.05) is 26.0 Å². The van der Waals surface area contributed by atoms with Crippen LogP contribution >= 0.6 is 0 Å². The first-order valence-electron chi connectivity index (χ1n) is 14.3. The van der Waals surface area contributed by atoms with Crippen LogP contribution in [0, 0.1) is 5.82 Å². The zero-order valence-corrected chi connectivity index (χ0v) is 24.4. The summed E-state index contributed by atoms with van der Waals surface area (Å²) in [6.07, 6.45) is 3.41. The molecule has 2 N–H and O–H groups in total. The highest BCUT2D eigenvalue weighted by Crippen LogP contribution is 2.42. The summed E-state index contributed by atoms with van der Waals surface area (Å²) in [5.74, 6) is 1.93. The van der Waals surface area contributed by atoms with Gasteiger partial charge in [0.1, 0.15) is 12.4 Å². The molecule has 216 valence electrons. The Morgan fingerprint density at radius 2 is 1.73 bits per heavy atom. The fourth-order valence-corrected chi connectivity index (χ4v) is 5.65. The fourth-order valence-electron chi connectivity index (χ4n) is 5.65. The zero-order valence-electron chi connectivity index (χ0n) is 24.4. The quantitative estimate of drug-likeness (QED) is 0.251. The van der Waals surface area contributed by atoms with E-state index in [2.05, 4.69) is 37.1 Å². The molecule has 1 aliphatic rings. The van der Waals surface area contributed by atoms with Gasteiger partial charge in [0.25, 0.3) is 0 Å². The molecule has 0 heterocycles. The molecule has 2 unspecified atom stereocenters. The summed E-state index contributed by atoms with van der Waals surface area (Å²) in [5, 5.41) is 13.6. The van der Waals surface area contributed by atoms with Crippen molar-refractivity contribution >= 4 is 5.69 Å². The maximum Gasteiger partial charge on any atom is 0.165 e. The van der Waals surface area contributed by atoms with Gasteiger partial charge in [-0.2, -0.15) is 0 Å². The van der Waals surface area contributed by atoms with Crippen molar-refractivity contribution in [2.45, 2.75) is 58.4 Å². The van der Waals surface area contributed by atoms with E-state index in [0.29, 0.717) is 36.0 Å². The van der Waals surface area contributed by atoms with Gasteiger partial charge in [0.15, 0.2) is 23.1 Å². The van der Waals surface area contributed by atoms with Gasteiger partial charge in [0.2, 0.25) is 0 Å². The van der Waals surface area contributed by atoms with Gasteiger partial charge in [0.05, 0.1) is 14.2 Å². The number of aryl methyl sites for hydroxylation is 1. The molecule has 40 heavy (non-hydrogen) atoms. The number of hydrogen-bond donors (Lipinski definition) is 2. The molecule has 0 fully saturated rings. The molecular weight excluding hydrogens is 507 g/mol. The van der Waals surface area contributed by atoms with Crippen molar-refractivity contribution < 1.29 is 23.7 Å². The van der Waals surface area contributed by atoms with E-state index in [4.69, 9.17) is 14.2 Å².